The Bertz CT molecular complexity index is 976. The number of amides is 6. The molecule has 0 saturated carbocycles. The number of carboxylic acids is 1. The lowest BCUT2D eigenvalue weighted by Crippen LogP contribution is -2.54. The molecule has 246 valence electrons. The molecule has 0 aromatic carbocycles. The summed E-state index contributed by atoms with van der Waals surface area (Å²) >= 11 is 0. The minimum Gasteiger partial charge on any atom is -0.480 e. The maximum absolute atomic E-state index is 13.7. The predicted molar refractivity (Wildman–Crippen MR) is 158 cm³/mol. The second-order valence-electron chi connectivity index (χ2n) is 11.6. The first-order valence-electron chi connectivity index (χ1n) is 14.9. The molecule has 43 heavy (non-hydrogen) atoms. The van der Waals surface area contributed by atoms with E-state index in [0.29, 0.717) is 25.8 Å². The molecule has 0 radical (unpaired) electrons. The van der Waals surface area contributed by atoms with Crippen LogP contribution in [0.2, 0.25) is 0 Å². The van der Waals surface area contributed by atoms with Gasteiger partial charge in [-0.1, -0.05) is 41.0 Å². The first-order chi connectivity index (χ1) is 20.2. The first kappa shape index (κ1) is 37.8. The number of urea groups is 1. The SMILES string of the molecule is CC[C@H](C)[C@@H]([C@@H](CC(=O)N1CCC[C@H]1[C@H](OC)[C@@H](C)C(=O)NC(=O)NCC(=O)NCC(=O)O)OC)N(C)C(=O)CC(C)C. The van der Waals surface area contributed by atoms with Crippen molar-refractivity contribution in [1.82, 2.24) is 25.8 Å². The van der Waals surface area contributed by atoms with E-state index < -0.39 is 61.1 Å². The number of hydrogen-bond acceptors (Lipinski definition) is 8. The van der Waals surface area contributed by atoms with Gasteiger partial charge in [0, 0.05) is 34.2 Å². The molecule has 6 atom stereocenters. The van der Waals surface area contributed by atoms with E-state index in [1.54, 1.807) is 30.9 Å². The van der Waals surface area contributed by atoms with Crippen LogP contribution in [0.15, 0.2) is 0 Å². The average Bonchev–Trinajstić information content (AvgIpc) is 3.43. The van der Waals surface area contributed by atoms with Gasteiger partial charge in [-0.15, -0.1) is 0 Å². The summed E-state index contributed by atoms with van der Waals surface area (Å²) in [5.74, 6) is -3.35. The van der Waals surface area contributed by atoms with Gasteiger partial charge < -0.3 is 35.0 Å². The standard InChI is InChI=1S/C29H51N5O9/c1-9-18(4)26(33(6)23(36)13-17(2)3)21(42-7)14-24(37)34-12-10-11-20(34)27(43-8)19(5)28(40)32-29(41)31-15-22(35)30-16-25(38)39/h17-21,26-27H,9-16H2,1-8H3,(H,30,35)(H,38,39)(H2,31,32,40,41)/t18-,19+,20-,21+,26-,27+/m0/s1. The monoisotopic (exact) mass is 613 g/mol. The zero-order valence-corrected chi connectivity index (χ0v) is 26.8. The molecule has 0 bridgehead atoms. The van der Waals surface area contributed by atoms with E-state index in [1.165, 1.54) is 7.11 Å². The molecule has 0 spiro atoms. The molecule has 1 aliphatic heterocycles. The van der Waals surface area contributed by atoms with E-state index in [4.69, 9.17) is 14.6 Å². The van der Waals surface area contributed by atoms with Gasteiger partial charge in [0.05, 0.1) is 43.2 Å². The molecule has 6 amide bonds. The van der Waals surface area contributed by atoms with Gasteiger partial charge in [-0.25, -0.2) is 4.79 Å². The van der Waals surface area contributed by atoms with Crippen LogP contribution in [-0.4, -0.2) is 116 Å². The number of carbonyl (C=O) groups is 6. The highest BCUT2D eigenvalue weighted by molar-refractivity contribution is 5.97. The normalized spacial score (nSPS) is 18.3. The first-order valence-corrected chi connectivity index (χ1v) is 14.9. The van der Waals surface area contributed by atoms with Crippen LogP contribution >= 0.6 is 0 Å². The molecule has 1 fully saturated rings. The molecule has 1 aliphatic rings. The number of carbonyl (C=O) groups excluding carboxylic acids is 5. The summed E-state index contributed by atoms with van der Waals surface area (Å²) < 4.78 is 11.5. The number of rotatable bonds is 17. The Morgan fingerprint density at radius 1 is 0.977 bits per heavy atom. The molecule has 14 nitrogen and oxygen atoms in total. The van der Waals surface area contributed by atoms with Gasteiger partial charge in [0.2, 0.25) is 23.6 Å². The summed E-state index contributed by atoms with van der Waals surface area (Å²) in [4.78, 5) is 77.3. The lowest BCUT2D eigenvalue weighted by molar-refractivity contribution is -0.146. The van der Waals surface area contributed by atoms with Gasteiger partial charge in [-0.2, -0.15) is 0 Å². The van der Waals surface area contributed by atoms with Crippen molar-refractivity contribution in [3.8, 4) is 0 Å². The van der Waals surface area contributed by atoms with Gasteiger partial charge in [-0.3, -0.25) is 29.3 Å². The topological polar surface area (TPSA) is 184 Å². The molecular formula is C29H51N5O9. The molecule has 0 unspecified atom stereocenters. The van der Waals surface area contributed by atoms with E-state index in [0.717, 1.165) is 6.42 Å². The van der Waals surface area contributed by atoms with Crippen molar-refractivity contribution >= 4 is 35.6 Å². The fraction of sp³-hybridized carbons (Fsp3) is 0.793. The van der Waals surface area contributed by atoms with E-state index in [2.05, 4.69) is 16.0 Å². The molecule has 1 saturated heterocycles. The van der Waals surface area contributed by atoms with Gasteiger partial charge in [0.15, 0.2) is 0 Å². The average molecular weight is 614 g/mol. The number of nitrogens with one attached hydrogen (secondary N) is 3. The summed E-state index contributed by atoms with van der Waals surface area (Å²) in [5, 5.41) is 15.1. The Morgan fingerprint density at radius 2 is 1.63 bits per heavy atom. The van der Waals surface area contributed by atoms with Crippen molar-refractivity contribution < 1.29 is 43.3 Å². The van der Waals surface area contributed by atoms with Crippen molar-refractivity contribution in [1.29, 1.82) is 0 Å². The number of nitrogens with zero attached hydrogens (tertiary/aromatic N) is 2. The Hall–Kier alpha value is -3.26. The summed E-state index contributed by atoms with van der Waals surface area (Å²) in [5.41, 5.74) is 0. The summed E-state index contributed by atoms with van der Waals surface area (Å²) in [6.45, 7) is 8.99. The second kappa shape index (κ2) is 18.4. The smallest absolute Gasteiger partial charge is 0.322 e. The molecule has 1 rings (SSSR count). The fourth-order valence-electron chi connectivity index (χ4n) is 5.49. The number of methoxy groups -OCH3 is 2. The second-order valence-corrected chi connectivity index (χ2v) is 11.6. The third kappa shape index (κ3) is 11.7. The highest BCUT2D eigenvalue weighted by Gasteiger charge is 2.42. The Balaban J connectivity index is 2.94. The zero-order chi connectivity index (χ0) is 32.9. The summed E-state index contributed by atoms with van der Waals surface area (Å²) in [6, 6.07) is -1.66. The van der Waals surface area contributed by atoms with Crippen molar-refractivity contribution in [2.45, 2.75) is 91.0 Å². The van der Waals surface area contributed by atoms with Crippen LogP contribution in [-0.2, 0) is 33.4 Å². The Labute approximate surface area is 254 Å². The third-order valence-corrected chi connectivity index (χ3v) is 7.97. The highest BCUT2D eigenvalue weighted by Crippen LogP contribution is 2.29. The molecule has 14 heteroatoms. The van der Waals surface area contributed by atoms with Gasteiger partial charge in [0.1, 0.15) is 6.54 Å². The van der Waals surface area contributed by atoms with Crippen LogP contribution < -0.4 is 16.0 Å². The van der Waals surface area contributed by atoms with Gasteiger partial charge in [0.25, 0.3) is 0 Å². The lowest BCUT2D eigenvalue weighted by Gasteiger charge is -2.39. The number of imide groups is 1. The molecule has 4 N–H and O–H groups in total. The van der Waals surface area contributed by atoms with Crippen LogP contribution in [0, 0.1) is 17.8 Å². The van der Waals surface area contributed by atoms with Crippen molar-refractivity contribution in [2.75, 3.05) is 40.9 Å². The maximum atomic E-state index is 13.7. The number of aliphatic carboxylic acids is 1. The maximum Gasteiger partial charge on any atom is 0.322 e. The number of ether oxygens (including phenoxy) is 2. The van der Waals surface area contributed by atoms with Gasteiger partial charge >= 0.3 is 12.0 Å². The fourth-order valence-corrected chi connectivity index (χ4v) is 5.49. The zero-order valence-electron chi connectivity index (χ0n) is 26.8. The summed E-state index contributed by atoms with van der Waals surface area (Å²) in [6.07, 6.45) is 1.27. The number of carboxylic acid groups (broad SMARTS) is 1. The van der Waals surface area contributed by atoms with E-state index in [9.17, 15) is 28.8 Å². The van der Waals surface area contributed by atoms with Gasteiger partial charge in [-0.05, 0) is 24.7 Å². The Kier molecular flexibility index (Phi) is 16.2. The van der Waals surface area contributed by atoms with E-state index >= 15 is 0 Å². The number of hydrogen-bond donors (Lipinski definition) is 4. The summed E-state index contributed by atoms with van der Waals surface area (Å²) in [7, 11) is 4.74. The van der Waals surface area contributed by atoms with Crippen molar-refractivity contribution in [3.05, 3.63) is 0 Å². The van der Waals surface area contributed by atoms with Crippen LogP contribution in [0.4, 0.5) is 4.79 Å². The van der Waals surface area contributed by atoms with Crippen LogP contribution in [0.3, 0.4) is 0 Å². The van der Waals surface area contributed by atoms with Crippen molar-refractivity contribution in [2.24, 2.45) is 17.8 Å². The molecular weight excluding hydrogens is 562 g/mol. The number of likely N-dealkylation sites (N-methyl/N-ethyl adjacent to an activating group) is 1. The quantitative estimate of drug-likeness (QED) is 0.186. The molecule has 0 aliphatic carbocycles. The third-order valence-electron chi connectivity index (χ3n) is 7.97. The van der Waals surface area contributed by atoms with E-state index in [-0.39, 0.29) is 36.1 Å². The van der Waals surface area contributed by atoms with Crippen molar-refractivity contribution in [3.63, 3.8) is 0 Å². The number of likely N-dealkylation sites (tertiary alicyclic amines) is 1. The Morgan fingerprint density at radius 3 is 2.16 bits per heavy atom. The van der Waals surface area contributed by atoms with E-state index in [1.807, 2.05) is 27.7 Å². The van der Waals surface area contributed by atoms with Crippen LogP contribution in [0.25, 0.3) is 0 Å². The minimum atomic E-state index is -1.23. The molecule has 0 aromatic rings. The largest absolute Gasteiger partial charge is 0.480 e. The lowest BCUT2D eigenvalue weighted by atomic mass is 9.90. The minimum absolute atomic E-state index is 0.00180. The molecule has 0 aromatic heterocycles. The van der Waals surface area contributed by atoms with Crippen LogP contribution in [0.5, 0.6) is 0 Å². The molecule has 1 heterocycles. The predicted octanol–water partition coefficient (Wildman–Crippen LogP) is 0.979. The highest BCUT2D eigenvalue weighted by atomic mass is 16.5. The van der Waals surface area contributed by atoms with Crippen LogP contribution in [0.1, 0.15) is 66.7 Å².